The summed E-state index contributed by atoms with van der Waals surface area (Å²) in [7, 11) is 0. The molecule has 1 aromatic heterocycles. The maximum Gasteiger partial charge on any atom is 0.246 e. The van der Waals surface area contributed by atoms with Crippen LogP contribution >= 0.6 is 0 Å². The minimum atomic E-state index is -0.326. The van der Waals surface area contributed by atoms with Crippen molar-refractivity contribution in [2.75, 3.05) is 0 Å². The van der Waals surface area contributed by atoms with E-state index in [9.17, 15) is 4.79 Å². The zero-order valence-electron chi connectivity index (χ0n) is 18.5. The molecule has 3 aromatic rings. The van der Waals surface area contributed by atoms with Crippen molar-refractivity contribution in [3.63, 3.8) is 0 Å². The summed E-state index contributed by atoms with van der Waals surface area (Å²) in [6.07, 6.45) is 3.15. The number of pyridine rings is 1. The second-order valence-electron chi connectivity index (χ2n) is 8.82. The van der Waals surface area contributed by atoms with Gasteiger partial charge in [-0.3, -0.25) is 15.0 Å². The minimum Gasteiger partial charge on any atom is -0.489 e. The van der Waals surface area contributed by atoms with Crippen LogP contribution in [0.1, 0.15) is 42.5 Å². The van der Waals surface area contributed by atoms with Gasteiger partial charge in [-0.05, 0) is 61.7 Å². The summed E-state index contributed by atoms with van der Waals surface area (Å²) in [6.45, 7) is 2.46. The van der Waals surface area contributed by atoms with Crippen LogP contribution in [-0.2, 0) is 16.2 Å². The van der Waals surface area contributed by atoms with Crippen LogP contribution in [-0.4, -0.2) is 27.9 Å². The molecule has 2 N–H and O–H groups in total. The van der Waals surface area contributed by atoms with Crippen molar-refractivity contribution >= 4 is 22.5 Å². The highest BCUT2D eigenvalue weighted by Crippen LogP contribution is 2.39. The Labute approximate surface area is 192 Å². The Morgan fingerprint density at radius 3 is 2.82 bits per heavy atom. The molecule has 1 aliphatic heterocycles. The summed E-state index contributed by atoms with van der Waals surface area (Å²) in [4.78, 5) is 22.2. The Morgan fingerprint density at radius 2 is 2.00 bits per heavy atom. The number of nitrogens with zero attached hydrogens (tertiary/aromatic N) is 2. The van der Waals surface area contributed by atoms with E-state index in [2.05, 4.69) is 22.3 Å². The third-order valence-electron chi connectivity index (χ3n) is 6.70. The van der Waals surface area contributed by atoms with Crippen LogP contribution in [0.15, 0.2) is 59.8 Å². The Balaban J connectivity index is 1.22. The molecule has 7 heteroatoms. The van der Waals surface area contributed by atoms with E-state index >= 15 is 0 Å². The maximum absolute atomic E-state index is 12.0. The van der Waals surface area contributed by atoms with E-state index in [1.807, 2.05) is 49.4 Å². The summed E-state index contributed by atoms with van der Waals surface area (Å²) in [5, 5.41) is 14.4. The number of nitrogens with one attached hydrogen (secondary N) is 1. The van der Waals surface area contributed by atoms with E-state index in [1.165, 1.54) is 0 Å². The lowest BCUT2D eigenvalue weighted by atomic mass is 9.87. The van der Waals surface area contributed by atoms with Gasteiger partial charge >= 0.3 is 0 Å². The van der Waals surface area contributed by atoms with Crippen LogP contribution in [0.3, 0.4) is 0 Å². The summed E-state index contributed by atoms with van der Waals surface area (Å²) in [5.41, 5.74) is 6.70. The van der Waals surface area contributed by atoms with E-state index in [1.54, 1.807) is 5.48 Å². The molecule has 2 aliphatic rings. The number of carbonyl (C=O) groups is 1. The molecule has 5 rings (SSSR count). The van der Waals surface area contributed by atoms with Gasteiger partial charge in [-0.25, -0.2) is 5.48 Å². The van der Waals surface area contributed by atoms with Crippen molar-refractivity contribution in [1.82, 2.24) is 10.5 Å². The van der Waals surface area contributed by atoms with Crippen LogP contribution < -0.4 is 10.2 Å². The van der Waals surface area contributed by atoms with E-state index < -0.39 is 0 Å². The number of carbonyl (C=O) groups excluding carboxylic acids is 1. The highest BCUT2D eigenvalue weighted by atomic mass is 16.6. The van der Waals surface area contributed by atoms with Crippen LogP contribution in [0.5, 0.6) is 5.75 Å². The van der Waals surface area contributed by atoms with Crippen molar-refractivity contribution in [2.24, 2.45) is 17.0 Å². The lowest BCUT2D eigenvalue weighted by Gasteiger charge is -2.22. The molecule has 1 fully saturated rings. The first-order valence-electron chi connectivity index (χ1n) is 11.4. The zero-order valence-corrected chi connectivity index (χ0v) is 18.5. The van der Waals surface area contributed by atoms with Crippen molar-refractivity contribution < 1.29 is 19.6 Å². The molecule has 33 heavy (non-hydrogen) atoms. The summed E-state index contributed by atoms with van der Waals surface area (Å²) in [5.74, 6) is 0.301. The van der Waals surface area contributed by atoms with Gasteiger partial charge in [-0.15, -0.1) is 0 Å². The molecular formula is C26H27N3O4. The second kappa shape index (κ2) is 9.19. The standard InChI is InChI=1S/C26H27N3O4/c1-16-13-18(20-5-2-3-8-23(20)27-16)15-32-19-11-9-17(10-12-19)24-14-25(33-29-24)21-6-4-7-22(21)26(30)28-31/h2-3,5,8-13,21-22,25,31H,4,6-7,14-15H2,1H3,(H,28,30)/t21-,22+,25?/m1/s1. The molecule has 3 atom stereocenters. The molecular weight excluding hydrogens is 418 g/mol. The Morgan fingerprint density at radius 1 is 1.18 bits per heavy atom. The molecule has 7 nitrogen and oxygen atoms in total. The number of hydrogen-bond donors (Lipinski definition) is 2. The predicted molar refractivity (Wildman–Crippen MR) is 124 cm³/mol. The van der Waals surface area contributed by atoms with Crippen LogP contribution in [0.4, 0.5) is 0 Å². The van der Waals surface area contributed by atoms with E-state index in [0.717, 1.165) is 58.4 Å². The SMILES string of the molecule is Cc1cc(COc2ccc(C3=NOC([C@@H]4CCC[C@@H]4C(=O)NO)C3)cc2)c2ccccc2n1. The quantitative estimate of drug-likeness (QED) is 0.429. The number of amides is 1. The van der Waals surface area contributed by atoms with E-state index in [-0.39, 0.29) is 23.8 Å². The van der Waals surface area contributed by atoms with Crippen molar-refractivity contribution in [2.45, 2.75) is 45.3 Å². The van der Waals surface area contributed by atoms with Gasteiger partial charge in [-0.1, -0.05) is 29.8 Å². The molecule has 1 amide bonds. The lowest BCUT2D eigenvalue weighted by Crippen LogP contribution is -2.35. The van der Waals surface area contributed by atoms with Gasteiger partial charge in [0.2, 0.25) is 5.91 Å². The smallest absolute Gasteiger partial charge is 0.246 e. The van der Waals surface area contributed by atoms with Crippen molar-refractivity contribution in [3.8, 4) is 5.75 Å². The largest absolute Gasteiger partial charge is 0.489 e. The number of hydrogen-bond acceptors (Lipinski definition) is 6. The van der Waals surface area contributed by atoms with Gasteiger partial charge in [-0.2, -0.15) is 0 Å². The molecule has 1 aliphatic carbocycles. The van der Waals surface area contributed by atoms with Gasteiger partial charge in [0.1, 0.15) is 18.5 Å². The summed E-state index contributed by atoms with van der Waals surface area (Å²) >= 11 is 0. The summed E-state index contributed by atoms with van der Waals surface area (Å²) < 4.78 is 6.06. The average Bonchev–Trinajstić information content (AvgIpc) is 3.52. The topological polar surface area (TPSA) is 93.0 Å². The van der Waals surface area contributed by atoms with Gasteiger partial charge in [0.25, 0.3) is 0 Å². The number of fused-ring (bicyclic) bond motifs is 1. The normalized spacial score (nSPS) is 22.1. The number of ether oxygens (including phenoxy) is 1. The van der Waals surface area contributed by atoms with Crippen LogP contribution in [0.2, 0.25) is 0 Å². The molecule has 0 bridgehead atoms. The first-order chi connectivity index (χ1) is 16.1. The third-order valence-corrected chi connectivity index (χ3v) is 6.70. The fourth-order valence-electron chi connectivity index (χ4n) is 5.06. The van der Waals surface area contributed by atoms with Gasteiger partial charge in [0, 0.05) is 34.9 Å². The molecule has 1 saturated carbocycles. The Hall–Kier alpha value is -3.45. The lowest BCUT2D eigenvalue weighted by molar-refractivity contribution is -0.136. The van der Waals surface area contributed by atoms with E-state index in [0.29, 0.717) is 13.0 Å². The number of para-hydroxylation sites is 1. The fraction of sp³-hybridized carbons (Fsp3) is 0.346. The zero-order chi connectivity index (χ0) is 22.8. The second-order valence-corrected chi connectivity index (χ2v) is 8.82. The van der Waals surface area contributed by atoms with E-state index in [4.69, 9.17) is 14.8 Å². The van der Waals surface area contributed by atoms with Crippen molar-refractivity contribution in [1.29, 1.82) is 0 Å². The maximum atomic E-state index is 12.0. The number of aromatic nitrogens is 1. The molecule has 1 unspecified atom stereocenters. The van der Waals surface area contributed by atoms with Crippen LogP contribution in [0, 0.1) is 18.8 Å². The van der Waals surface area contributed by atoms with Gasteiger partial charge in [0.15, 0.2) is 0 Å². The monoisotopic (exact) mass is 445 g/mol. The number of rotatable bonds is 6. The highest BCUT2D eigenvalue weighted by Gasteiger charge is 2.41. The first kappa shape index (κ1) is 21.4. The molecule has 2 aromatic carbocycles. The number of aryl methyl sites for hydroxylation is 1. The molecule has 0 spiro atoms. The van der Waals surface area contributed by atoms with Gasteiger partial charge in [0.05, 0.1) is 11.2 Å². The van der Waals surface area contributed by atoms with Crippen LogP contribution in [0.25, 0.3) is 10.9 Å². The van der Waals surface area contributed by atoms with Crippen molar-refractivity contribution in [3.05, 3.63) is 71.4 Å². The number of oxime groups is 1. The Kier molecular flexibility index (Phi) is 5.96. The molecule has 0 radical (unpaired) electrons. The Bertz CT molecular complexity index is 1190. The summed E-state index contributed by atoms with van der Waals surface area (Å²) in [6, 6.07) is 18.0. The average molecular weight is 446 g/mol. The predicted octanol–water partition coefficient (Wildman–Crippen LogP) is 4.54. The molecule has 2 heterocycles. The third kappa shape index (κ3) is 4.41. The molecule has 170 valence electrons. The number of benzene rings is 2. The number of hydroxylamine groups is 1. The first-order valence-corrected chi connectivity index (χ1v) is 11.4. The minimum absolute atomic E-state index is 0.0691. The van der Waals surface area contributed by atoms with Gasteiger partial charge < -0.3 is 9.57 Å². The fourth-order valence-corrected chi connectivity index (χ4v) is 5.06. The highest BCUT2D eigenvalue weighted by molar-refractivity contribution is 6.01. The molecule has 0 saturated heterocycles.